The molecule has 1 fully saturated rings. The first-order chi connectivity index (χ1) is 21.9. The minimum Gasteiger partial charge on any atom is -0.441 e. The van der Waals surface area contributed by atoms with Crippen molar-refractivity contribution in [1.29, 1.82) is 0 Å². The van der Waals surface area contributed by atoms with Gasteiger partial charge in [0.15, 0.2) is 0 Å². The Kier molecular flexibility index (Phi) is 7.99. The molecule has 228 valence electrons. The molecule has 0 bridgehead atoms. The maximum absolute atomic E-state index is 13.8. The van der Waals surface area contributed by atoms with Crippen molar-refractivity contribution in [1.82, 2.24) is 20.0 Å². The van der Waals surface area contributed by atoms with E-state index < -0.39 is 20.0 Å². The number of anilines is 1. The van der Waals surface area contributed by atoms with E-state index in [2.05, 4.69) is 21.4 Å². The summed E-state index contributed by atoms with van der Waals surface area (Å²) in [5.41, 5.74) is 6.77. The van der Waals surface area contributed by atoms with Gasteiger partial charge in [0.1, 0.15) is 11.8 Å². The molecule has 0 radical (unpaired) electrons. The number of amides is 1. The molecular formula is C33H30N5O6P. The van der Waals surface area contributed by atoms with Crippen molar-refractivity contribution in [2.24, 2.45) is 7.05 Å². The maximum Gasteiger partial charge on any atom is 0.475 e. The fourth-order valence-electron chi connectivity index (χ4n) is 5.51. The number of ether oxygens (including phenoxy) is 1. The van der Waals surface area contributed by atoms with E-state index in [4.69, 9.17) is 18.3 Å². The molecule has 1 amide bonds. The average molecular weight is 624 g/mol. The van der Waals surface area contributed by atoms with E-state index in [1.165, 1.54) is 0 Å². The number of pyridine rings is 1. The Morgan fingerprint density at radius 3 is 2.18 bits per heavy atom. The van der Waals surface area contributed by atoms with Crippen molar-refractivity contribution in [2.45, 2.75) is 31.8 Å². The van der Waals surface area contributed by atoms with Crippen molar-refractivity contribution in [3.8, 4) is 22.5 Å². The van der Waals surface area contributed by atoms with Crippen LogP contribution in [0, 0.1) is 0 Å². The molecule has 11 nitrogen and oxygen atoms in total. The highest BCUT2D eigenvalue weighted by Gasteiger charge is 2.48. The van der Waals surface area contributed by atoms with Gasteiger partial charge in [-0.05, 0) is 46.9 Å². The van der Waals surface area contributed by atoms with Gasteiger partial charge in [-0.2, -0.15) is 0 Å². The number of fused-ring (bicyclic) bond motifs is 3. The number of phosphoric ester groups is 1. The van der Waals surface area contributed by atoms with E-state index in [-0.39, 0.29) is 25.9 Å². The number of nitrogens with zero attached hydrogens (tertiary/aromatic N) is 5. The molecule has 5 aromatic rings. The van der Waals surface area contributed by atoms with E-state index in [9.17, 15) is 9.36 Å². The van der Waals surface area contributed by atoms with E-state index in [0.29, 0.717) is 12.1 Å². The number of carbonyl (C=O) groups excluding carboxylic acids is 1. The number of hydrogen-bond donors (Lipinski definition) is 0. The zero-order valence-corrected chi connectivity index (χ0v) is 25.3. The largest absolute Gasteiger partial charge is 0.475 e. The predicted molar refractivity (Wildman–Crippen MR) is 166 cm³/mol. The van der Waals surface area contributed by atoms with E-state index in [1.54, 1.807) is 15.8 Å². The average Bonchev–Trinajstić information content (AvgIpc) is 3.77. The number of aryl methyl sites for hydroxylation is 1. The summed E-state index contributed by atoms with van der Waals surface area (Å²) in [6, 6.07) is 28.2. The zero-order valence-electron chi connectivity index (χ0n) is 24.4. The molecule has 0 aliphatic carbocycles. The second kappa shape index (κ2) is 12.4. The Labute approximate surface area is 260 Å². The summed E-state index contributed by atoms with van der Waals surface area (Å²) in [5.74, 6) is 0. The fourth-order valence-corrected chi connectivity index (χ4v) is 6.68. The standard InChI is InChI=1S/C33H30N5O6P/c1-37-19-29(35-36-37)28-14-12-26(18-34-28)25-13-15-30-27(16-25)17-31-32(44-33(39)38(30)31)22-43-45(40,41-20-23-8-4-2-5-9-23)42-21-24-10-6-3-7-11-24/h2-16,18-19,31-32H,17,20-22H2,1H3/t31-,32-/m0/s1. The molecule has 45 heavy (non-hydrogen) atoms. The summed E-state index contributed by atoms with van der Waals surface area (Å²) in [7, 11) is -2.22. The highest BCUT2D eigenvalue weighted by molar-refractivity contribution is 7.48. The van der Waals surface area contributed by atoms with Gasteiger partial charge < -0.3 is 4.74 Å². The summed E-state index contributed by atoms with van der Waals surface area (Å²) in [6.07, 6.45) is 3.02. The van der Waals surface area contributed by atoms with Gasteiger partial charge in [-0.15, -0.1) is 5.10 Å². The Morgan fingerprint density at radius 2 is 1.56 bits per heavy atom. The van der Waals surface area contributed by atoms with Crippen LogP contribution in [0.3, 0.4) is 0 Å². The third kappa shape index (κ3) is 6.29. The fraction of sp³-hybridized carbons (Fsp3) is 0.212. The van der Waals surface area contributed by atoms with Crippen LogP contribution in [0.2, 0.25) is 0 Å². The Bertz CT molecular complexity index is 1800. The second-order valence-corrected chi connectivity index (χ2v) is 12.5. The van der Waals surface area contributed by atoms with Crippen molar-refractivity contribution in [2.75, 3.05) is 11.5 Å². The van der Waals surface area contributed by atoms with Crippen LogP contribution in [-0.4, -0.2) is 44.8 Å². The van der Waals surface area contributed by atoms with Crippen LogP contribution < -0.4 is 4.90 Å². The van der Waals surface area contributed by atoms with Crippen LogP contribution in [0.25, 0.3) is 22.5 Å². The highest BCUT2D eigenvalue weighted by Crippen LogP contribution is 2.52. The van der Waals surface area contributed by atoms with Crippen molar-refractivity contribution >= 4 is 19.6 Å². The zero-order chi connectivity index (χ0) is 30.8. The maximum atomic E-state index is 13.8. The van der Waals surface area contributed by atoms with Crippen LogP contribution in [0.15, 0.2) is 103 Å². The Morgan fingerprint density at radius 1 is 0.867 bits per heavy atom. The number of cyclic esters (lactones) is 1. The topological polar surface area (TPSA) is 118 Å². The van der Waals surface area contributed by atoms with Gasteiger partial charge in [0.25, 0.3) is 0 Å². The van der Waals surface area contributed by atoms with Gasteiger partial charge in [0.2, 0.25) is 0 Å². The quantitative estimate of drug-likeness (QED) is 0.155. The van der Waals surface area contributed by atoms with Gasteiger partial charge in [-0.3, -0.25) is 28.1 Å². The number of benzene rings is 3. The summed E-state index contributed by atoms with van der Waals surface area (Å²) in [6.45, 7) is -0.0756. The van der Waals surface area contributed by atoms with E-state index in [1.807, 2.05) is 98.2 Å². The Balaban J connectivity index is 1.04. The van der Waals surface area contributed by atoms with Crippen LogP contribution in [0.4, 0.5) is 10.5 Å². The summed E-state index contributed by atoms with van der Waals surface area (Å²) >= 11 is 0. The van der Waals surface area contributed by atoms with Crippen molar-refractivity contribution in [3.05, 3.63) is 120 Å². The predicted octanol–water partition coefficient (Wildman–Crippen LogP) is 6.35. The minimum atomic E-state index is -4.03. The molecule has 0 N–H and O–H groups in total. The van der Waals surface area contributed by atoms with Crippen LogP contribution >= 0.6 is 7.82 Å². The van der Waals surface area contributed by atoms with E-state index in [0.717, 1.165) is 39.2 Å². The third-order valence-electron chi connectivity index (χ3n) is 7.80. The minimum absolute atomic E-state index is 0.0374. The van der Waals surface area contributed by atoms with Gasteiger partial charge in [0, 0.05) is 18.8 Å². The lowest BCUT2D eigenvalue weighted by Crippen LogP contribution is -2.35. The monoisotopic (exact) mass is 623 g/mol. The van der Waals surface area contributed by atoms with E-state index >= 15 is 0 Å². The summed E-state index contributed by atoms with van der Waals surface area (Å²) in [5, 5.41) is 8.09. The van der Waals surface area contributed by atoms with Crippen LogP contribution in [0.5, 0.6) is 0 Å². The van der Waals surface area contributed by atoms with Gasteiger partial charge in [0.05, 0.1) is 43.4 Å². The summed E-state index contributed by atoms with van der Waals surface area (Å²) in [4.78, 5) is 19.2. The molecule has 0 unspecified atom stereocenters. The number of hydrogen-bond acceptors (Lipinski definition) is 9. The first kappa shape index (κ1) is 29.1. The molecule has 3 aromatic carbocycles. The van der Waals surface area contributed by atoms with Crippen LogP contribution in [0.1, 0.15) is 16.7 Å². The lowest BCUT2D eigenvalue weighted by atomic mass is 10.0. The molecule has 0 spiro atoms. The first-order valence-electron chi connectivity index (χ1n) is 14.5. The van der Waals surface area contributed by atoms with Crippen molar-refractivity contribution in [3.63, 3.8) is 0 Å². The normalized spacial score (nSPS) is 17.3. The number of rotatable bonds is 11. The molecule has 2 aliphatic rings. The lowest BCUT2D eigenvalue weighted by Gasteiger charge is -2.21. The summed E-state index contributed by atoms with van der Waals surface area (Å²) < 4.78 is 38.4. The van der Waals surface area contributed by atoms with Crippen LogP contribution in [-0.2, 0) is 49.6 Å². The number of aromatic nitrogens is 4. The molecule has 2 aliphatic heterocycles. The molecule has 1 saturated heterocycles. The molecular weight excluding hydrogens is 593 g/mol. The SMILES string of the molecule is Cn1cc(-c2ccc(-c3ccc4c(c3)C[C@H]3[C@H](COP(=O)(OCc5ccccc5)OCc5ccccc5)OC(=O)N43)cn2)nn1. The van der Waals surface area contributed by atoms with Gasteiger partial charge >= 0.3 is 13.9 Å². The molecule has 2 aromatic heterocycles. The lowest BCUT2D eigenvalue weighted by molar-refractivity contribution is 0.0515. The highest BCUT2D eigenvalue weighted by atomic mass is 31.2. The smallest absolute Gasteiger partial charge is 0.441 e. The molecule has 4 heterocycles. The van der Waals surface area contributed by atoms with Gasteiger partial charge in [-0.1, -0.05) is 78.0 Å². The molecule has 12 heteroatoms. The first-order valence-corrected chi connectivity index (χ1v) is 16.0. The number of carbonyl (C=O) groups is 1. The van der Waals surface area contributed by atoms with Crippen molar-refractivity contribution < 1.29 is 27.7 Å². The van der Waals surface area contributed by atoms with Gasteiger partial charge in [-0.25, -0.2) is 9.36 Å². The third-order valence-corrected chi connectivity index (χ3v) is 9.16. The second-order valence-electron chi connectivity index (χ2n) is 10.9. The Hall–Kier alpha value is -4.67. The molecule has 7 rings (SSSR count). The molecule has 2 atom stereocenters. The molecule has 0 saturated carbocycles. The number of phosphoric acid groups is 1.